The Kier molecular flexibility index (Phi) is 3.32. The molecular formula is C13H19NO2. The second kappa shape index (κ2) is 4.73. The summed E-state index contributed by atoms with van der Waals surface area (Å²) in [6, 6.07) is 4.28. The lowest BCUT2D eigenvalue weighted by Crippen LogP contribution is -2.22. The third-order valence-electron chi connectivity index (χ3n) is 3.56. The van der Waals surface area contributed by atoms with E-state index in [9.17, 15) is 4.79 Å². The normalized spacial score (nSPS) is 25.4. The van der Waals surface area contributed by atoms with Crippen molar-refractivity contribution in [2.24, 2.45) is 5.92 Å². The molecule has 0 spiro atoms. The van der Waals surface area contributed by atoms with Crippen LogP contribution in [0.5, 0.6) is 0 Å². The van der Waals surface area contributed by atoms with Crippen molar-refractivity contribution in [1.82, 2.24) is 4.98 Å². The van der Waals surface area contributed by atoms with E-state index in [0.29, 0.717) is 5.92 Å². The number of esters is 1. The van der Waals surface area contributed by atoms with Gasteiger partial charge in [0, 0.05) is 11.4 Å². The lowest BCUT2D eigenvalue weighted by molar-refractivity contribution is -0.146. The highest BCUT2D eigenvalue weighted by Crippen LogP contribution is 2.35. The first-order valence-electron chi connectivity index (χ1n) is 5.94. The predicted octanol–water partition coefficient (Wildman–Crippen LogP) is 2.77. The number of carbonyl (C=O) groups is 1. The average Bonchev–Trinajstić information content (AvgIpc) is 2.75. The Labute approximate surface area is 96.2 Å². The second-order valence-corrected chi connectivity index (χ2v) is 4.67. The summed E-state index contributed by atoms with van der Waals surface area (Å²) < 4.78 is 4.79. The molecule has 1 heterocycles. The van der Waals surface area contributed by atoms with Crippen molar-refractivity contribution in [2.45, 2.75) is 38.5 Å². The number of nitrogens with one attached hydrogen (secondary N) is 1. The van der Waals surface area contributed by atoms with Crippen LogP contribution in [0.3, 0.4) is 0 Å². The quantitative estimate of drug-likeness (QED) is 0.780. The third-order valence-corrected chi connectivity index (χ3v) is 3.56. The summed E-state index contributed by atoms with van der Waals surface area (Å²) in [5.74, 6) is 0.674. The minimum atomic E-state index is -0.0406. The molecule has 1 aliphatic rings. The summed E-state index contributed by atoms with van der Waals surface area (Å²) in [6.45, 7) is 2.07. The zero-order valence-corrected chi connectivity index (χ0v) is 9.95. The molecule has 3 nitrogen and oxygen atoms in total. The Bertz CT molecular complexity index is 362. The van der Waals surface area contributed by atoms with Gasteiger partial charge in [0.15, 0.2) is 0 Å². The molecule has 88 valence electrons. The molecule has 1 N–H and O–H groups in total. The molecule has 1 aromatic heterocycles. The van der Waals surface area contributed by atoms with Gasteiger partial charge in [-0.05, 0) is 50.7 Å². The van der Waals surface area contributed by atoms with Crippen LogP contribution < -0.4 is 0 Å². The highest BCUT2D eigenvalue weighted by atomic mass is 16.5. The number of ether oxygens (including phenoxy) is 1. The first-order chi connectivity index (χ1) is 7.70. The average molecular weight is 221 g/mol. The zero-order chi connectivity index (χ0) is 11.5. The molecule has 0 unspecified atom stereocenters. The van der Waals surface area contributed by atoms with Gasteiger partial charge in [-0.3, -0.25) is 4.79 Å². The highest BCUT2D eigenvalue weighted by Gasteiger charge is 2.27. The molecule has 1 aromatic rings. The summed E-state index contributed by atoms with van der Waals surface area (Å²) in [5.41, 5.74) is 2.53. The summed E-state index contributed by atoms with van der Waals surface area (Å²) in [7, 11) is 1.47. The Balaban J connectivity index is 1.92. The molecule has 0 amide bonds. The molecule has 3 heteroatoms. The van der Waals surface area contributed by atoms with E-state index in [1.54, 1.807) is 0 Å². The number of aryl methyl sites for hydroxylation is 1. The minimum Gasteiger partial charge on any atom is -0.469 e. The van der Waals surface area contributed by atoms with E-state index in [1.807, 2.05) is 0 Å². The second-order valence-electron chi connectivity index (χ2n) is 4.67. The number of H-pyrrole nitrogens is 1. The number of aromatic amines is 1. The summed E-state index contributed by atoms with van der Waals surface area (Å²) in [6.07, 6.45) is 4.07. The monoisotopic (exact) mass is 221 g/mol. The van der Waals surface area contributed by atoms with Crippen LogP contribution in [0, 0.1) is 12.8 Å². The van der Waals surface area contributed by atoms with Gasteiger partial charge >= 0.3 is 5.97 Å². The maximum atomic E-state index is 11.4. The number of aromatic nitrogens is 1. The smallest absolute Gasteiger partial charge is 0.308 e. The van der Waals surface area contributed by atoms with E-state index in [1.165, 1.54) is 18.5 Å². The molecule has 1 fully saturated rings. The van der Waals surface area contributed by atoms with Crippen LogP contribution in [0.25, 0.3) is 0 Å². The summed E-state index contributed by atoms with van der Waals surface area (Å²) >= 11 is 0. The van der Waals surface area contributed by atoms with Gasteiger partial charge in [-0.2, -0.15) is 0 Å². The van der Waals surface area contributed by atoms with E-state index in [2.05, 4.69) is 24.0 Å². The van der Waals surface area contributed by atoms with Crippen molar-refractivity contribution >= 4 is 5.97 Å². The van der Waals surface area contributed by atoms with Crippen molar-refractivity contribution in [1.29, 1.82) is 0 Å². The van der Waals surface area contributed by atoms with Gasteiger partial charge in [-0.25, -0.2) is 0 Å². The van der Waals surface area contributed by atoms with Gasteiger partial charge in [0.1, 0.15) is 0 Å². The molecule has 1 saturated carbocycles. The number of hydrogen-bond acceptors (Lipinski definition) is 2. The maximum absolute atomic E-state index is 11.4. The molecule has 16 heavy (non-hydrogen) atoms. The first kappa shape index (κ1) is 11.2. The topological polar surface area (TPSA) is 42.1 Å². The Morgan fingerprint density at radius 2 is 2.00 bits per heavy atom. The third kappa shape index (κ3) is 2.29. The summed E-state index contributed by atoms with van der Waals surface area (Å²) in [5, 5.41) is 0. The number of hydrogen-bond donors (Lipinski definition) is 1. The lowest BCUT2D eigenvalue weighted by Gasteiger charge is -2.26. The fourth-order valence-corrected chi connectivity index (χ4v) is 2.57. The highest BCUT2D eigenvalue weighted by molar-refractivity contribution is 5.72. The van der Waals surface area contributed by atoms with E-state index >= 15 is 0 Å². The molecule has 0 aromatic carbocycles. The molecule has 0 atom stereocenters. The van der Waals surface area contributed by atoms with Gasteiger partial charge in [-0.15, -0.1) is 0 Å². The number of rotatable bonds is 2. The van der Waals surface area contributed by atoms with E-state index < -0.39 is 0 Å². The molecule has 0 radical (unpaired) electrons. The lowest BCUT2D eigenvalue weighted by atomic mass is 9.80. The van der Waals surface area contributed by atoms with Crippen LogP contribution in [0.15, 0.2) is 12.1 Å². The van der Waals surface area contributed by atoms with Crippen LogP contribution in [-0.4, -0.2) is 18.1 Å². The van der Waals surface area contributed by atoms with Crippen molar-refractivity contribution < 1.29 is 9.53 Å². The van der Waals surface area contributed by atoms with Crippen LogP contribution in [0.4, 0.5) is 0 Å². The predicted molar refractivity (Wildman–Crippen MR) is 62.2 cm³/mol. The van der Waals surface area contributed by atoms with E-state index in [-0.39, 0.29) is 11.9 Å². The van der Waals surface area contributed by atoms with Gasteiger partial charge in [0.25, 0.3) is 0 Å². The van der Waals surface area contributed by atoms with Crippen LogP contribution in [0.2, 0.25) is 0 Å². The van der Waals surface area contributed by atoms with Crippen LogP contribution >= 0.6 is 0 Å². The molecule has 2 rings (SSSR count). The standard InChI is InChI=1S/C13H19NO2/c1-9-3-8-12(14-9)10-4-6-11(7-5-10)13(15)16-2/h3,8,10-11,14H,4-7H2,1-2H3. The van der Waals surface area contributed by atoms with Gasteiger partial charge in [-0.1, -0.05) is 0 Å². The Morgan fingerprint density at radius 1 is 1.31 bits per heavy atom. The SMILES string of the molecule is COC(=O)C1CCC(c2ccc(C)[nH]2)CC1. The fourth-order valence-electron chi connectivity index (χ4n) is 2.57. The molecular weight excluding hydrogens is 202 g/mol. The van der Waals surface area contributed by atoms with Crippen molar-refractivity contribution in [3.8, 4) is 0 Å². The maximum Gasteiger partial charge on any atom is 0.308 e. The molecule has 0 aliphatic heterocycles. The van der Waals surface area contributed by atoms with E-state index in [0.717, 1.165) is 25.7 Å². The summed E-state index contributed by atoms with van der Waals surface area (Å²) in [4.78, 5) is 14.8. The molecule has 0 saturated heterocycles. The van der Waals surface area contributed by atoms with Crippen LogP contribution in [-0.2, 0) is 9.53 Å². The fraction of sp³-hybridized carbons (Fsp3) is 0.615. The van der Waals surface area contributed by atoms with Gasteiger partial charge in [0.2, 0.25) is 0 Å². The Morgan fingerprint density at radius 3 is 2.50 bits per heavy atom. The number of carbonyl (C=O) groups excluding carboxylic acids is 1. The van der Waals surface area contributed by atoms with Gasteiger partial charge in [0.05, 0.1) is 13.0 Å². The Hall–Kier alpha value is -1.25. The minimum absolute atomic E-state index is 0.0406. The van der Waals surface area contributed by atoms with Crippen molar-refractivity contribution in [3.63, 3.8) is 0 Å². The van der Waals surface area contributed by atoms with Gasteiger partial charge < -0.3 is 9.72 Å². The zero-order valence-electron chi connectivity index (χ0n) is 9.95. The molecule has 1 aliphatic carbocycles. The van der Waals surface area contributed by atoms with Crippen LogP contribution in [0.1, 0.15) is 43.0 Å². The largest absolute Gasteiger partial charge is 0.469 e. The van der Waals surface area contributed by atoms with E-state index in [4.69, 9.17) is 4.74 Å². The molecule has 0 bridgehead atoms. The first-order valence-corrected chi connectivity index (χ1v) is 5.94. The van der Waals surface area contributed by atoms with Crippen molar-refractivity contribution in [2.75, 3.05) is 7.11 Å². The van der Waals surface area contributed by atoms with Crippen molar-refractivity contribution in [3.05, 3.63) is 23.5 Å². The number of methoxy groups -OCH3 is 1.